The molecule has 1 fully saturated rings. The Morgan fingerprint density at radius 3 is 2.68 bits per heavy atom. The Labute approximate surface area is 183 Å². The van der Waals surface area contributed by atoms with E-state index in [2.05, 4.69) is 0 Å². The fraction of sp³-hybridized carbons (Fsp3) is 0.320. The van der Waals surface area contributed by atoms with Gasteiger partial charge >= 0.3 is 0 Å². The molecular formula is C25H27NO4S. The third-order valence-corrected chi connectivity index (χ3v) is 6.97. The second-order valence-electron chi connectivity index (χ2n) is 8.45. The summed E-state index contributed by atoms with van der Waals surface area (Å²) in [5, 5.41) is 11.5. The minimum absolute atomic E-state index is 0.00133. The molecule has 4 rings (SSSR count). The van der Waals surface area contributed by atoms with Crippen molar-refractivity contribution >= 4 is 26.5 Å². The van der Waals surface area contributed by atoms with Crippen molar-refractivity contribution in [3.05, 3.63) is 71.8 Å². The van der Waals surface area contributed by atoms with Crippen molar-refractivity contribution < 1.29 is 18.3 Å². The summed E-state index contributed by atoms with van der Waals surface area (Å²) in [5.41, 5.74) is 3.55. The van der Waals surface area contributed by atoms with Crippen LogP contribution in [0.3, 0.4) is 0 Å². The smallest absolute Gasteiger partial charge is 0.253 e. The summed E-state index contributed by atoms with van der Waals surface area (Å²) in [6.07, 6.45) is 2.92. The second-order valence-corrected chi connectivity index (χ2v) is 10.6. The van der Waals surface area contributed by atoms with Crippen LogP contribution >= 0.6 is 0 Å². The maximum absolute atomic E-state index is 13.1. The zero-order valence-electron chi connectivity index (χ0n) is 17.6. The number of aliphatic hydroxyl groups is 1. The summed E-state index contributed by atoms with van der Waals surface area (Å²) in [5.74, 6) is 0.0800. The summed E-state index contributed by atoms with van der Waals surface area (Å²) >= 11 is 0. The van der Waals surface area contributed by atoms with Gasteiger partial charge in [-0.15, -0.1) is 0 Å². The number of sulfone groups is 1. The van der Waals surface area contributed by atoms with Crippen molar-refractivity contribution in [1.82, 2.24) is 4.90 Å². The van der Waals surface area contributed by atoms with E-state index in [9.17, 15) is 18.3 Å². The molecule has 1 unspecified atom stereocenters. The van der Waals surface area contributed by atoms with Crippen LogP contribution in [0.1, 0.15) is 28.8 Å². The van der Waals surface area contributed by atoms with Crippen molar-refractivity contribution in [2.45, 2.75) is 19.4 Å². The van der Waals surface area contributed by atoms with Gasteiger partial charge in [-0.05, 0) is 64.4 Å². The Kier molecular flexibility index (Phi) is 6.12. The average molecular weight is 438 g/mol. The Morgan fingerprint density at radius 2 is 1.90 bits per heavy atom. The largest absolute Gasteiger partial charge is 0.392 e. The van der Waals surface area contributed by atoms with Gasteiger partial charge < -0.3 is 10.0 Å². The molecule has 0 bridgehead atoms. The Balaban J connectivity index is 1.61. The number of fused-ring (bicyclic) bond motifs is 1. The summed E-state index contributed by atoms with van der Waals surface area (Å²) < 4.78 is 23.3. The van der Waals surface area contributed by atoms with E-state index in [1.54, 1.807) is 4.90 Å². The van der Waals surface area contributed by atoms with Crippen LogP contribution < -0.4 is 0 Å². The minimum Gasteiger partial charge on any atom is -0.392 e. The number of aliphatic hydroxyl groups excluding tert-OH is 1. The fourth-order valence-electron chi connectivity index (χ4n) is 4.50. The molecule has 3 aromatic rings. The highest BCUT2D eigenvalue weighted by atomic mass is 32.2. The molecule has 0 radical (unpaired) electrons. The van der Waals surface area contributed by atoms with Crippen molar-refractivity contribution in [1.29, 1.82) is 0 Å². The van der Waals surface area contributed by atoms with E-state index >= 15 is 0 Å². The van der Waals surface area contributed by atoms with Gasteiger partial charge in [-0.3, -0.25) is 4.79 Å². The van der Waals surface area contributed by atoms with Crippen molar-refractivity contribution in [2.24, 2.45) is 5.92 Å². The van der Waals surface area contributed by atoms with Gasteiger partial charge in [0, 0.05) is 24.9 Å². The van der Waals surface area contributed by atoms with Crippen LogP contribution in [0.4, 0.5) is 0 Å². The molecule has 1 aliphatic rings. The standard InChI is InChI=1S/C25H27NO4S/c1-31(29,30)17-19-6-4-12-26(15-19)25(28)22-10-11-24-21(14-22)8-3-9-23(24)20-7-2-5-18(13-20)16-27/h2-3,5,7-11,13-14,19,27H,4,6,12,15-17H2,1H3. The molecular weight excluding hydrogens is 410 g/mol. The van der Waals surface area contributed by atoms with Crippen LogP contribution in [0.2, 0.25) is 0 Å². The number of hydrogen-bond acceptors (Lipinski definition) is 4. The molecule has 1 amide bonds. The molecule has 0 aliphatic carbocycles. The van der Waals surface area contributed by atoms with Gasteiger partial charge in [0.25, 0.3) is 5.91 Å². The molecule has 0 saturated carbocycles. The molecule has 1 atom stereocenters. The summed E-state index contributed by atoms with van der Waals surface area (Å²) in [4.78, 5) is 14.9. The lowest BCUT2D eigenvalue weighted by Crippen LogP contribution is -2.41. The molecule has 31 heavy (non-hydrogen) atoms. The number of carbonyl (C=O) groups is 1. The fourth-order valence-corrected chi connectivity index (χ4v) is 5.63. The summed E-state index contributed by atoms with van der Waals surface area (Å²) in [6.45, 7) is 1.14. The highest BCUT2D eigenvalue weighted by Gasteiger charge is 2.26. The Morgan fingerprint density at radius 1 is 1.10 bits per heavy atom. The van der Waals surface area contributed by atoms with Gasteiger partial charge in [0.2, 0.25) is 0 Å². The first-order valence-electron chi connectivity index (χ1n) is 10.5. The Hall–Kier alpha value is -2.70. The van der Waals surface area contributed by atoms with E-state index in [0.717, 1.165) is 40.3 Å². The maximum Gasteiger partial charge on any atom is 0.253 e. The normalized spacial score (nSPS) is 17.1. The highest BCUT2D eigenvalue weighted by molar-refractivity contribution is 7.90. The number of likely N-dealkylation sites (tertiary alicyclic amines) is 1. The quantitative estimate of drug-likeness (QED) is 0.657. The van der Waals surface area contributed by atoms with Gasteiger partial charge in [0.05, 0.1) is 12.4 Å². The van der Waals surface area contributed by atoms with Crippen LogP contribution in [0.25, 0.3) is 21.9 Å². The maximum atomic E-state index is 13.1. The molecule has 3 aromatic carbocycles. The van der Waals surface area contributed by atoms with Crippen LogP contribution in [-0.4, -0.2) is 49.4 Å². The van der Waals surface area contributed by atoms with E-state index < -0.39 is 9.84 Å². The van der Waals surface area contributed by atoms with Crippen molar-refractivity contribution in [3.63, 3.8) is 0 Å². The van der Waals surface area contributed by atoms with E-state index in [0.29, 0.717) is 18.7 Å². The summed E-state index contributed by atoms with van der Waals surface area (Å²) in [6, 6.07) is 19.6. The van der Waals surface area contributed by atoms with E-state index in [-0.39, 0.29) is 24.2 Å². The lowest BCUT2D eigenvalue weighted by molar-refractivity contribution is 0.0684. The number of piperidine rings is 1. The third kappa shape index (κ3) is 4.97. The van der Waals surface area contributed by atoms with Gasteiger partial charge in [-0.2, -0.15) is 0 Å². The first-order valence-corrected chi connectivity index (χ1v) is 12.6. The molecule has 162 valence electrons. The lowest BCUT2D eigenvalue weighted by Gasteiger charge is -2.32. The number of rotatable bonds is 5. The predicted molar refractivity (Wildman–Crippen MR) is 124 cm³/mol. The molecule has 6 heteroatoms. The van der Waals surface area contributed by atoms with E-state index in [1.807, 2.05) is 60.7 Å². The zero-order chi connectivity index (χ0) is 22.0. The van der Waals surface area contributed by atoms with Crippen LogP contribution in [0, 0.1) is 5.92 Å². The second kappa shape index (κ2) is 8.81. The van der Waals surface area contributed by atoms with E-state index in [1.165, 1.54) is 6.26 Å². The van der Waals surface area contributed by atoms with Crippen molar-refractivity contribution in [3.8, 4) is 11.1 Å². The van der Waals surface area contributed by atoms with Crippen LogP contribution in [-0.2, 0) is 16.4 Å². The minimum atomic E-state index is -3.06. The summed E-state index contributed by atoms with van der Waals surface area (Å²) in [7, 11) is -3.06. The van der Waals surface area contributed by atoms with Gasteiger partial charge in [0.1, 0.15) is 9.84 Å². The molecule has 1 N–H and O–H groups in total. The molecule has 0 spiro atoms. The van der Waals surface area contributed by atoms with Gasteiger partial charge in [-0.25, -0.2) is 8.42 Å². The number of nitrogens with zero attached hydrogens (tertiary/aromatic N) is 1. The number of amides is 1. The molecule has 0 aromatic heterocycles. The molecule has 5 nitrogen and oxygen atoms in total. The molecule has 1 heterocycles. The topological polar surface area (TPSA) is 74.7 Å². The lowest BCUT2D eigenvalue weighted by atomic mass is 9.95. The van der Waals surface area contributed by atoms with E-state index in [4.69, 9.17) is 0 Å². The SMILES string of the molecule is CS(=O)(=O)CC1CCCN(C(=O)c2ccc3c(-c4cccc(CO)c4)cccc3c2)C1. The number of benzene rings is 3. The zero-order valence-corrected chi connectivity index (χ0v) is 18.4. The molecule has 1 saturated heterocycles. The number of hydrogen-bond donors (Lipinski definition) is 1. The van der Waals surface area contributed by atoms with Gasteiger partial charge in [0.15, 0.2) is 0 Å². The third-order valence-electron chi connectivity index (χ3n) is 5.89. The average Bonchev–Trinajstić information content (AvgIpc) is 2.77. The number of carbonyl (C=O) groups excluding carboxylic acids is 1. The monoisotopic (exact) mass is 437 g/mol. The first-order chi connectivity index (χ1) is 14.8. The first kappa shape index (κ1) is 21.5. The predicted octanol–water partition coefficient (Wildman–Crippen LogP) is 3.90. The van der Waals surface area contributed by atoms with Crippen molar-refractivity contribution in [2.75, 3.05) is 25.1 Å². The van der Waals surface area contributed by atoms with Crippen LogP contribution in [0.5, 0.6) is 0 Å². The van der Waals surface area contributed by atoms with Crippen LogP contribution in [0.15, 0.2) is 60.7 Å². The Bertz CT molecular complexity index is 1220. The highest BCUT2D eigenvalue weighted by Crippen LogP contribution is 2.30. The van der Waals surface area contributed by atoms with Gasteiger partial charge in [-0.1, -0.05) is 42.5 Å². The molecule has 1 aliphatic heterocycles.